The molecule has 0 saturated heterocycles. The van der Waals surface area contributed by atoms with Crippen LogP contribution in [0.25, 0.3) is 0 Å². The third-order valence-corrected chi connectivity index (χ3v) is 3.82. The highest BCUT2D eigenvalue weighted by Gasteiger charge is 2.15. The maximum absolute atomic E-state index is 9.34. The van der Waals surface area contributed by atoms with Crippen LogP contribution in [-0.4, -0.2) is 44.6 Å². The van der Waals surface area contributed by atoms with Gasteiger partial charge >= 0.3 is 0 Å². The fraction of sp³-hybridized carbons (Fsp3) is 0.368. The number of ether oxygens (including phenoxy) is 3. The van der Waals surface area contributed by atoms with E-state index in [9.17, 15) is 5.11 Å². The van der Waals surface area contributed by atoms with Crippen LogP contribution in [0, 0.1) is 0 Å². The number of hydrogen-bond donors (Lipinski definition) is 2. The van der Waals surface area contributed by atoms with Gasteiger partial charge in [-0.3, -0.25) is 5.43 Å². The lowest BCUT2D eigenvalue weighted by Crippen LogP contribution is -2.39. The maximum Gasteiger partial charge on any atom is 0.203 e. The van der Waals surface area contributed by atoms with Crippen LogP contribution in [0.4, 0.5) is 0 Å². The summed E-state index contributed by atoms with van der Waals surface area (Å²) in [7, 11) is 4.78. The first-order chi connectivity index (χ1) is 12.2. The third kappa shape index (κ3) is 5.35. The van der Waals surface area contributed by atoms with E-state index >= 15 is 0 Å². The van der Waals surface area contributed by atoms with Crippen molar-refractivity contribution >= 4 is 0 Å². The van der Waals surface area contributed by atoms with E-state index in [1.807, 2.05) is 35.3 Å². The topological polar surface area (TPSA) is 63.2 Å². The van der Waals surface area contributed by atoms with Gasteiger partial charge in [-0.15, -0.1) is 0 Å². The van der Waals surface area contributed by atoms with Crippen molar-refractivity contribution in [2.24, 2.45) is 0 Å². The zero-order valence-corrected chi connectivity index (χ0v) is 15.0. The average Bonchev–Trinajstić information content (AvgIpc) is 2.66. The number of nitrogens with one attached hydrogen (secondary N) is 1. The van der Waals surface area contributed by atoms with Crippen LogP contribution in [0.2, 0.25) is 0 Å². The number of aliphatic hydroxyl groups excluding tert-OH is 1. The van der Waals surface area contributed by atoms with E-state index in [0.29, 0.717) is 36.9 Å². The summed E-state index contributed by atoms with van der Waals surface area (Å²) in [6, 6.07) is 13.9. The van der Waals surface area contributed by atoms with Crippen LogP contribution < -0.4 is 19.6 Å². The predicted octanol–water partition coefficient (Wildman–Crippen LogP) is 2.21. The van der Waals surface area contributed by atoms with Crippen LogP contribution in [-0.2, 0) is 13.1 Å². The van der Waals surface area contributed by atoms with Crippen LogP contribution >= 0.6 is 0 Å². The number of nitrogens with zero attached hydrogens (tertiary/aromatic N) is 1. The molecule has 0 aliphatic carbocycles. The molecule has 0 heterocycles. The fourth-order valence-electron chi connectivity index (χ4n) is 2.58. The second-order valence-electron chi connectivity index (χ2n) is 5.50. The molecule has 25 heavy (non-hydrogen) atoms. The first-order valence-electron chi connectivity index (χ1n) is 8.14. The molecule has 0 aliphatic rings. The zero-order chi connectivity index (χ0) is 18.1. The molecule has 0 fully saturated rings. The summed E-state index contributed by atoms with van der Waals surface area (Å²) in [5.41, 5.74) is 5.52. The van der Waals surface area contributed by atoms with Crippen molar-refractivity contribution in [3.63, 3.8) is 0 Å². The Bertz CT molecular complexity index is 624. The second-order valence-corrected chi connectivity index (χ2v) is 5.50. The van der Waals surface area contributed by atoms with Gasteiger partial charge in [0.25, 0.3) is 0 Å². The summed E-state index contributed by atoms with van der Waals surface area (Å²) in [6.45, 7) is 1.84. The van der Waals surface area contributed by atoms with Crippen molar-refractivity contribution in [2.45, 2.75) is 13.1 Å². The Morgan fingerprint density at radius 3 is 2.08 bits per heavy atom. The van der Waals surface area contributed by atoms with Crippen molar-refractivity contribution in [1.82, 2.24) is 10.4 Å². The van der Waals surface area contributed by atoms with Gasteiger partial charge in [-0.05, 0) is 23.3 Å². The molecule has 2 aromatic rings. The maximum atomic E-state index is 9.34. The smallest absolute Gasteiger partial charge is 0.203 e. The monoisotopic (exact) mass is 346 g/mol. The lowest BCUT2D eigenvalue weighted by molar-refractivity contribution is 0.132. The lowest BCUT2D eigenvalue weighted by atomic mass is 10.1. The summed E-state index contributed by atoms with van der Waals surface area (Å²) in [5, 5.41) is 11.3. The van der Waals surface area contributed by atoms with Crippen molar-refractivity contribution < 1.29 is 19.3 Å². The molecular formula is C19H26N2O4. The summed E-state index contributed by atoms with van der Waals surface area (Å²) in [4.78, 5) is 0. The molecule has 6 heteroatoms. The molecular weight excluding hydrogens is 320 g/mol. The summed E-state index contributed by atoms with van der Waals surface area (Å²) in [5.74, 6) is 1.80. The molecule has 0 amide bonds. The zero-order valence-electron chi connectivity index (χ0n) is 15.0. The largest absolute Gasteiger partial charge is 0.493 e. The third-order valence-electron chi connectivity index (χ3n) is 3.82. The molecule has 6 nitrogen and oxygen atoms in total. The van der Waals surface area contributed by atoms with Gasteiger partial charge in [-0.25, -0.2) is 5.01 Å². The highest BCUT2D eigenvalue weighted by atomic mass is 16.5. The Hall–Kier alpha value is -2.28. The van der Waals surface area contributed by atoms with Crippen LogP contribution in [0.15, 0.2) is 42.5 Å². The van der Waals surface area contributed by atoms with Gasteiger partial charge in [-0.2, -0.15) is 0 Å². The molecule has 0 aromatic heterocycles. The number of aliphatic hydroxyl groups is 1. The van der Waals surface area contributed by atoms with Crippen molar-refractivity contribution in [2.75, 3.05) is 34.5 Å². The molecule has 2 rings (SSSR count). The molecule has 0 radical (unpaired) electrons. The van der Waals surface area contributed by atoms with E-state index in [4.69, 9.17) is 14.2 Å². The minimum Gasteiger partial charge on any atom is -0.493 e. The molecule has 136 valence electrons. The van der Waals surface area contributed by atoms with E-state index in [-0.39, 0.29) is 6.61 Å². The highest BCUT2D eigenvalue weighted by Crippen LogP contribution is 2.38. The molecule has 0 unspecified atom stereocenters. The van der Waals surface area contributed by atoms with Crippen LogP contribution in [0.3, 0.4) is 0 Å². The van der Waals surface area contributed by atoms with E-state index in [1.54, 1.807) is 21.3 Å². The Kier molecular flexibility index (Phi) is 7.53. The Morgan fingerprint density at radius 2 is 1.56 bits per heavy atom. The highest BCUT2D eigenvalue weighted by molar-refractivity contribution is 5.53. The summed E-state index contributed by atoms with van der Waals surface area (Å²) >= 11 is 0. The molecule has 0 spiro atoms. The average molecular weight is 346 g/mol. The SMILES string of the molecule is COc1cc(CN(CCO)NCc2ccccc2)cc(OC)c1OC. The first-order valence-corrected chi connectivity index (χ1v) is 8.14. The van der Waals surface area contributed by atoms with Crippen molar-refractivity contribution in [3.8, 4) is 17.2 Å². The fourth-order valence-corrected chi connectivity index (χ4v) is 2.58. The van der Waals surface area contributed by atoms with Gasteiger partial charge in [0.1, 0.15) is 0 Å². The summed E-state index contributed by atoms with van der Waals surface area (Å²) in [6.07, 6.45) is 0. The number of methoxy groups -OCH3 is 3. The Morgan fingerprint density at radius 1 is 0.920 bits per heavy atom. The van der Waals surface area contributed by atoms with E-state index in [2.05, 4.69) is 17.6 Å². The van der Waals surface area contributed by atoms with Gasteiger partial charge in [0.05, 0.1) is 27.9 Å². The Balaban J connectivity index is 2.12. The van der Waals surface area contributed by atoms with E-state index < -0.39 is 0 Å². The molecule has 2 N–H and O–H groups in total. The molecule has 0 saturated carbocycles. The quantitative estimate of drug-likeness (QED) is 0.643. The normalized spacial score (nSPS) is 10.8. The lowest BCUT2D eigenvalue weighted by Gasteiger charge is -2.23. The summed E-state index contributed by atoms with van der Waals surface area (Å²) < 4.78 is 16.1. The number of hydrazine groups is 1. The van der Waals surface area contributed by atoms with E-state index in [1.165, 1.54) is 5.56 Å². The molecule has 0 bridgehead atoms. The van der Waals surface area contributed by atoms with Crippen molar-refractivity contribution in [1.29, 1.82) is 0 Å². The van der Waals surface area contributed by atoms with Gasteiger partial charge in [0.2, 0.25) is 5.75 Å². The van der Waals surface area contributed by atoms with Crippen LogP contribution in [0.5, 0.6) is 17.2 Å². The van der Waals surface area contributed by atoms with Gasteiger partial charge in [-0.1, -0.05) is 30.3 Å². The predicted molar refractivity (Wildman–Crippen MR) is 96.9 cm³/mol. The first kappa shape index (κ1) is 19.1. The molecule has 2 aromatic carbocycles. The number of rotatable bonds is 10. The number of benzene rings is 2. The minimum atomic E-state index is 0.0617. The van der Waals surface area contributed by atoms with Gasteiger partial charge in [0.15, 0.2) is 11.5 Å². The Labute approximate surface area is 148 Å². The van der Waals surface area contributed by atoms with Crippen LogP contribution in [0.1, 0.15) is 11.1 Å². The van der Waals surface area contributed by atoms with E-state index in [0.717, 1.165) is 5.56 Å². The standard InChI is InChI=1S/C19H26N2O4/c1-23-17-11-16(12-18(24-2)19(17)25-3)14-21(9-10-22)20-13-15-7-5-4-6-8-15/h4-8,11-12,20,22H,9-10,13-14H2,1-3H3. The molecule has 0 atom stereocenters. The number of hydrogen-bond acceptors (Lipinski definition) is 6. The molecule has 0 aliphatic heterocycles. The van der Waals surface area contributed by atoms with Crippen molar-refractivity contribution in [3.05, 3.63) is 53.6 Å². The van der Waals surface area contributed by atoms with Gasteiger partial charge < -0.3 is 19.3 Å². The van der Waals surface area contributed by atoms with Gasteiger partial charge in [0, 0.05) is 19.6 Å². The second kappa shape index (κ2) is 9.88. The minimum absolute atomic E-state index is 0.0617.